The average molecular weight is 248 g/mol. The summed E-state index contributed by atoms with van der Waals surface area (Å²) in [6.45, 7) is 0.184. The van der Waals surface area contributed by atoms with Gasteiger partial charge >= 0.3 is 6.03 Å². The van der Waals surface area contributed by atoms with E-state index < -0.39 is 30.6 Å². The van der Waals surface area contributed by atoms with Gasteiger partial charge in [0.25, 0.3) is 5.91 Å². The Hall–Kier alpha value is -0.860. The lowest BCUT2D eigenvalue weighted by molar-refractivity contribution is -0.148. The Balaban J connectivity index is 1.92. The molecule has 8 heteroatoms. The molecule has 88 valence electrons. The van der Waals surface area contributed by atoms with Gasteiger partial charge in [-0.3, -0.25) is 15.0 Å². The minimum absolute atomic E-state index is 0.184. The SMILES string of the molecule is O=C1NC(=O)N2C(OC[C@@H]3O[C@H]2CS3)C1F. The fourth-order valence-corrected chi connectivity index (χ4v) is 2.94. The zero-order chi connectivity index (χ0) is 11.3. The van der Waals surface area contributed by atoms with E-state index in [0.29, 0.717) is 5.75 Å². The number of ether oxygens (including phenoxy) is 2. The number of nitrogens with one attached hydrogen (secondary N) is 1. The molecule has 3 heterocycles. The summed E-state index contributed by atoms with van der Waals surface area (Å²) in [4.78, 5) is 23.8. The third kappa shape index (κ3) is 1.40. The van der Waals surface area contributed by atoms with Crippen molar-refractivity contribution in [1.29, 1.82) is 0 Å². The number of carbonyl (C=O) groups is 2. The molecule has 3 rings (SSSR count). The van der Waals surface area contributed by atoms with E-state index in [1.54, 1.807) is 0 Å². The maximum absolute atomic E-state index is 13.6. The lowest BCUT2D eigenvalue weighted by atomic mass is 10.2. The van der Waals surface area contributed by atoms with Gasteiger partial charge in [-0.05, 0) is 0 Å². The number of carbonyl (C=O) groups excluding carboxylic acids is 2. The molecular weight excluding hydrogens is 239 g/mol. The van der Waals surface area contributed by atoms with Crippen LogP contribution in [0.5, 0.6) is 0 Å². The predicted molar refractivity (Wildman–Crippen MR) is 51.1 cm³/mol. The third-order valence-electron chi connectivity index (χ3n) is 2.69. The topological polar surface area (TPSA) is 67.9 Å². The van der Waals surface area contributed by atoms with Crippen LogP contribution in [0.4, 0.5) is 9.18 Å². The molecule has 2 unspecified atom stereocenters. The molecular formula is C8H9FN2O4S. The first-order chi connectivity index (χ1) is 7.66. The van der Waals surface area contributed by atoms with E-state index in [1.165, 1.54) is 11.8 Å². The van der Waals surface area contributed by atoms with Crippen LogP contribution in [-0.2, 0) is 14.3 Å². The monoisotopic (exact) mass is 248 g/mol. The second kappa shape index (κ2) is 3.57. The number of thioether (sulfide) groups is 1. The Morgan fingerprint density at radius 1 is 1.50 bits per heavy atom. The summed E-state index contributed by atoms with van der Waals surface area (Å²) in [7, 11) is 0. The van der Waals surface area contributed by atoms with Gasteiger partial charge in [-0.25, -0.2) is 9.18 Å². The van der Waals surface area contributed by atoms with E-state index in [-0.39, 0.29) is 12.0 Å². The fourth-order valence-electron chi connectivity index (χ4n) is 1.94. The summed E-state index contributed by atoms with van der Waals surface area (Å²) in [5.74, 6) is -0.379. The second-order valence-corrected chi connectivity index (χ2v) is 4.87. The van der Waals surface area contributed by atoms with Crippen molar-refractivity contribution in [2.75, 3.05) is 12.4 Å². The van der Waals surface area contributed by atoms with Crippen LogP contribution in [0.15, 0.2) is 0 Å². The van der Waals surface area contributed by atoms with Crippen LogP contribution in [-0.4, -0.2) is 53.3 Å². The van der Waals surface area contributed by atoms with Crippen LogP contribution < -0.4 is 5.32 Å². The molecule has 2 bridgehead atoms. The van der Waals surface area contributed by atoms with Crippen molar-refractivity contribution >= 4 is 23.7 Å². The van der Waals surface area contributed by atoms with E-state index in [2.05, 4.69) is 0 Å². The fraction of sp³-hybridized carbons (Fsp3) is 0.750. The number of amides is 3. The molecule has 3 fully saturated rings. The van der Waals surface area contributed by atoms with Gasteiger partial charge in [-0.2, -0.15) is 0 Å². The van der Waals surface area contributed by atoms with Gasteiger partial charge in [0.1, 0.15) is 11.7 Å². The standard InChI is InChI=1S/C8H9FN2O4S/c9-5-6(12)10-8(13)11-3-2-16-4(15-3)1-14-7(5)11/h3-5,7H,1-2H2,(H,10,12,13)/t3-,4+,5?,7?/m0/s1. The summed E-state index contributed by atoms with van der Waals surface area (Å²) in [5.41, 5.74) is -0.189. The van der Waals surface area contributed by atoms with E-state index in [0.717, 1.165) is 4.90 Å². The Labute approximate surface area is 94.4 Å². The van der Waals surface area contributed by atoms with Crippen molar-refractivity contribution in [3.8, 4) is 0 Å². The first-order valence-electron chi connectivity index (χ1n) is 4.83. The number of alkyl halides is 1. The van der Waals surface area contributed by atoms with Crippen LogP contribution in [0.3, 0.4) is 0 Å². The van der Waals surface area contributed by atoms with Crippen molar-refractivity contribution in [3.05, 3.63) is 0 Å². The number of nitrogens with zero attached hydrogens (tertiary/aromatic N) is 1. The molecule has 6 nitrogen and oxygen atoms in total. The number of halogens is 1. The molecule has 3 saturated heterocycles. The Bertz CT molecular complexity index is 355. The van der Waals surface area contributed by atoms with Crippen molar-refractivity contribution in [1.82, 2.24) is 10.2 Å². The minimum Gasteiger partial charge on any atom is -0.351 e. The van der Waals surface area contributed by atoms with Gasteiger partial charge < -0.3 is 9.47 Å². The second-order valence-electron chi connectivity index (χ2n) is 3.68. The van der Waals surface area contributed by atoms with E-state index in [4.69, 9.17) is 9.47 Å². The van der Waals surface area contributed by atoms with E-state index >= 15 is 0 Å². The molecule has 0 aliphatic carbocycles. The highest BCUT2D eigenvalue weighted by atomic mass is 32.2. The van der Waals surface area contributed by atoms with Gasteiger partial charge in [0, 0.05) is 5.75 Å². The molecule has 0 aromatic carbocycles. The van der Waals surface area contributed by atoms with Crippen molar-refractivity contribution in [3.63, 3.8) is 0 Å². The van der Waals surface area contributed by atoms with Gasteiger partial charge in [0.15, 0.2) is 6.23 Å². The maximum Gasteiger partial charge on any atom is 0.328 e. The summed E-state index contributed by atoms with van der Waals surface area (Å²) in [5, 5.41) is 1.94. The Morgan fingerprint density at radius 3 is 3.12 bits per heavy atom. The highest BCUT2D eigenvalue weighted by molar-refractivity contribution is 8.00. The number of hydrogen-bond acceptors (Lipinski definition) is 5. The smallest absolute Gasteiger partial charge is 0.328 e. The summed E-state index contributed by atoms with van der Waals surface area (Å²) >= 11 is 1.51. The Morgan fingerprint density at radius 2 is 2.31 bits per heavy atom. The molecule has 3 aliphatic rings. The molecule has 0 aromatic rings. The molecule has 0 saturated carbocycles. The quantitative estimate of drug-likeness (QED) is 0.634. The number of urea groups is 1. The highest BCUT2D eigenvalue weighted by Gasteiger charge is 2.50. The van der Waals surface area contributed by atoms with Gasteiger partial charge in [0.2, 0.25) is 6.17 Å². The predicted octanol–water partition coefficient (Wildman–Crippen LogP) is -0.352. The van der Waals surface area contributed by atoms with Gasteiger partial charge in [-0.1, -0.05) is 0 Å². The zero-order valence-corrected chi connectivity index (χ0v) is 8.91. The first kappa shape index (κ1) is 10.3. The summed E-state index contributed by atoms with van der Waals surface area (Å²) < 4.78 is 24.3. The molecule has 1 N–H and O–H groups in total. The molecule has 3 aliphatic heterocycles. The lowest BCUT2D eigenvalue weighted by Crippen LogP contribution is -2.64. The normalized spacial score (nSPS) is 42.7. The van der Waals surface area contributed by atoms with Crippen molar-refractivity contribution in [2.45, 2.75) is 24.1 Å². The molecule has 4 atom stereocenters. The van der Waals surface area contributed by atoms with Crippen molar-refractivity contribution < 1.29 is 23.5 Å². The summed E-state index contributed by atoms with van der Waals surface area (Å²) in [6.07, 6.45) is -3.53. The number of rotatable bonds is 0. The molecule has 3 amide bonds. The first-order valence-corrected chi connectivity index (χ1v) is 5.87. The van der Waals surface area contributed by atoms with E-state index in [1.807, 2.05) is 5.32 Å². The maximum atomic E-state index is 13.6. The number of imide groups is 1. The van der Waals surface area contributed by atoms with Gasteiger partial charge in [-0.15, -0.1) is 11.8 Å². The molecule has 0 spiro atoms. The highest BCUT2D eigenvalue weighted by Crippen LogP contribution is 2.34. The molecule has 0 radical (unpaired) electrons. The van der Waals surface area contributed by atoms with Crippen LogP contribution in [0, 0.1) is 0 Å². The van der Waals surface area contributed by atoms with Gasteiger partial charge in [0.05, 0.1) is 6.61 Å². The van der Waals surface area contributed by atoms with E-state index in [9.17, 15) is 14.0 Å². The molecule has 16 heavy (non-hydrogen) atoms. The molecule has 0 aromatic heterocycles. The lowest BCUT2D eigenvalue weighted by Gasteiger charge is -2.37. The summed E-state index contributed by atoms with van der Waals surface area (Å²) in [6, 6.07) is -0.656. The largest absolute Gasteiger partial charge is 0.351 e. The van der Waals surface area contributed by atoms with Crippen LogP contribution in [0.1, 0.15) is 0 Å². The van der Waals surface area contributed by atoms with Crippen LogP contribution in [0.2, 0.25) is 0 Å². The Kier molecular flexibility index (Phi) is 2.30. The van der Waals surface area contributed by atoms with Crippen molar-refractivity contribution in [2.24, 2.45) is 0 Å². The minimum atomic E-state index is -1.86. The average Bonchev–Trinajstić information content (AvgIpc) is 2.58. The third-order valence-corrected chi connectivity index (χ3v) is 3.78. The zero-order valence-electron chi connectivity index (χ0n) is 8.09. The number of hydrogen-bond donors (Lipinski definition) is 1. The number of fused-ring (bicyclic) bond motifs is 4. The van der Waals surface area contributed by atoms with Crippen LogP contribution in [0.25, 0.3) is 0 Å². The van der Waals surface area contributed by atoms with Crippen LogP contribution >= 0.6 is 11.8 Å².